The molecule has 2 fully saturated rings. The SMILES string of the molecule is O=C(NC1CCNCC1)c1nc2cc(-c3cc(NCCCN4CCCCC4)c4cnccc4n3)ccc2[nH]1. The number of likely N-dealkylation sites (tertiary alicyclic amines) is 1. The van der Waals surface area contributed by atoms with E-state index in [1.54, 1.807) is 6.20 Å². The van der Waals surface area contributed by atoms with E-state index < -0.39 is 0 Å². The lowest BCUT2D eigenvalue weighted by Crippen LogP contribution is -2.43. The van der Waals surface area contributed by atoms with Crippen molar-refractivity contribution in [2.75, 3.05) is 44.6 Å². The van der Waals surface area contributed by atoms with Gasteiger partial charge in [-0.1, -0.05) is 12.5 Å². The molecule has 6 rings (SSSR count). The number of amides is 1. The third-order valence-corrected chi connectivity index (χ3v) is 7.69. The van der Waals surface area contributed by atoms with Crippen LogP contribution in [0.25, 0.3) is 33.2 Å². The molecule has 0 unspecified atom stereocenters. The van der Waals surface area contributed by atoms with Crippen LogP contribution in [0.3, 0.4) is 0 Å². The van der Waals surface area contributed by atoms with Crippen molar-refractivity contribution in [2.24, 2.45) is 0 Å². The number of benzene rings is 1. The van der Waals surface area contributed by atoms with Crippen LogP contribution in [0.2, 0.25) is 0 Å². The van der Waals surface area contributed by atoms with Gasteiger partial charge in [-0.2, -0.15) is 0 Å². The first-order chi connectivity index (χ1) is 18.7. The van der Waals surface area contributed by atoms with E-state index >= 15 is 0 Å². The van der Waals surface area contributed by atoms with E-state index in [2.05, 4.69) is 41.9 Å². The summed E-state index contributed by atoms with van der Waals surface area (Å²) in [5.41, 5.74) is 5.37. The molecule has 4 N–H and O–H groups in total. The normalized spacial score (nSPS) is 17.2. The van der Waals surface area contributed by atoms with Crippen molar-refractivity contribution < 1.29 is 4.79 Å². The van der Waals surface area contributed by atoms with Gasteiger partial charge in [-0.05, 0) is 89.1 Å². The fourth-order valence-corrected chi connectivity index (χ4v) is 5.56. The maximum absolute atomic E-state index is 12.8. The minimum Gasteiger partial charge on any atom is -0.384 e. The number of aromatic nitrogens is 4. The predicted molar refractivity (Wildman–Crippen MR) is 151 cm³/mol. The molecular formula is C29H36N8O. The van der Waals surface area contributed by atoms with E-state index in [-0.39, 0.29) is 11.9 Å². The summed E-state index contributed by atoms with van der Waals surface area (Å²) in [7, 11) is 0. The first kappa shape index (κ1) is 24.8. The largest absolute Gasteiger partial charge is 0.384 e. The predicted octanol–water partition coefficient (Wildman–Crippen LogP) is 3.94. The van der Waals surface area contributed by atoms with Crippen LogP contribution < -0.4 is 16.0 Å². The van der Waals surface area contributed by atoms with Crippen molar-refractivity contribution >= 4 is 33.5 Å². The molecule has 1 amide bonds. The Bertz CT molecular complexity index is 1400. The van der Waals surface area contributed by atoms with E-state index in [0.717, 1.165) is 84.3 Å². The number of carbonyl (C=O) groups is 1. The summed E-state index contributed by atoms with van der Waals surface area (Å²) in [4.78, 5) is 32.4. The van der Waals surface area contributed by atoms with Gasteiger partial charge in [0.1, 0.15) is 0 Å². The fraction of sp³-hybridized carbons (Fsp3) is 0.448. The smallest absolute Gasteiger partial charge is 0.287 e. The zero-order valence-corrected chi connectivity index (χ0v) is 21.8. The number of imidazole rings is 1. The zero-order chi connectivity index (χ0) is 25.7. The second-order valence-corrected chi connectivity index (χ2v) is 10.4. The van der Waals surface area contributed by atoms with Gasteiger partial charge < -0.3 is 25.8 Å². The maximum Gasteiger partial charge on any atom is 0.287 e. The highest BCUT2D eigenvalue weighted by Gasteiger charge is 2.19. The van der Waals surface area contributed by atoms with Crippen LogP contribution in [0.1, 0.15) is 49.1 Å². The number of piperidine rings is 2. The van der Waals surface area contributed by atoms with Gasteiger partial charge in [0.2, 0.25) is 0 Å². The highest BCUT2D eigenvalue weighted by atomic mass is 16.2. The summed E-state index contributed by atoms with van der Waals surface area (Å²) in [5, 5.41) is 11.1. The van der Waals surface area contributed by atoms with Crippen molar-refractivity contribution in [3.05, 3.63) is 48.5 Å². The van der Waals surface area contributed by atoms with Crippen LogP contribution in [-0.2, 0) is 0 Å². The number of anilines is 1. The topological polar surface area (TPSA) is 111 Å². The molecule has 198 valence electrons. The summed E-state index contributed by atoms with van der Waals surface area (Å²) in [6, 6.07) is 10.3. The molecular weight excluding hydrogens is 476 g/mol. The molecule has 4 aromatic rings. The number of H-pyrrole nitrogens is 1. The molecule has 0 spiro atoms. The summed E-state index contributed by atoms with van der Waals surface area (Å²) >= 11 is 0. The molecule has 38 heavy (non-hydrogen) atoms. The van der Waals surface area contributed by atoms with E-state index in [0.29, 0.717) is 5.82 Å². The molecule has 0 bridgehead atoms. The van der Waals surface area contributed by atoms with Gasteiger partial charge in [0, 0.05) is 41.6 Å². The molecule has 1 aromatic carbocycles. The van der Waals surface area contributed by atoms with Gasteiger partial charge in [0.05, 0.1) is 22.2 Å². The Morgan fingerprint density at radius 1 is 1.03 bits per heavy atom. The Hall–Kier alpha value is -3.56. The van der Waals surface area contributed by atoms with Crippen LogP contribution in [0.15, 0.2) is 42.7 Å². The van der Waals surface area contributed by atoms with Crippen LogP contribution in [0.4, 0.5) is 5.69 Å². The van der Waals surface area contributed by atoms with Gasteiger partial charge in [0.25, 0.3) is 5.91 Å². The molecule has 0 aliphatic carbocycles. The lowest BCUT2D eigenvalue weighted by atomic mass is 10.1. The minimum atomic E-state index is -0.151. The second-order valence-electron chi connectivity index (χ2n) is 10.4. The molecule has 2 saturated heterocycles. The Morgan fingerprint density at radius 2 is 1.89 bits per heavy atom. The Kier molecular flexibility index (Phi) is 7.46. The Morgan fingerprint density at radius 3 is 2.76 bits per heavy atom. The lowest BCUT2D eigenvalue weighted by Gasteiger charge is -2.26. The maximum atomic E-state index is 12.8. The number of nitrogens with zero attached hydrogens (tertiary/aromatic N) is 4. The average Bonchev–Trinajstić information content (AvgIpc) is 3.40. The van der Waals surface area contributed by atoms with Crippen LogP contribution in [-0.4, -0.2) is 76.1 Å². The number of nitrogens with one attached hydrogen (secondary N) is 4. The molecule has 9 heteroatoms. The zero-order valence-electron chi connectivity index (χ0n) is 21.8. The fourth-order valence-electron chi connectivity index (χ4n) is 5.56. The number of hydrogen-bond donors (Lipinski definition) is 4. The highest BCUT2D eigenvalue weighted by Crippen LogP contribution is 2.29. The van der Waals surface area contributed by atoms with Gasteiger partial charge >= 0.3 is 0 Å². The molecule has 0 saturated carbocycles. The van der Waals surface area contributed by atoms with Crippen LogP contribution >= 0.6 is 0 Å². The molecule has 0 atom stereocenters. The quantitative estimate of drug-likeness (QED) is 0.265. The first-order valence-electron chi connectivity index (χ1n) is 14.0. The summed E-state index contributed by atoms with van der Waals surface area (Å²) in [6.45, 7) is 6.34. The summed E-state index contributed by atoms with van der Waals surface area (Å²) in [5.74, 6) is 0.200. The summed E-state index contributed by atoms with van der Waals surface area (Å²) in [6.07, 6.45) is 10.6. The summed E-state index contributed by atoms with van der Waals surface area (Å²) < 4.78 is 0. The molecule has 0 radical (unpaired) electrons. The lowest BCUT2D eigenvalue weighted by molar-refractivity contribution is 0.0920. The molecule has 5 heterocycles. The molecule has 2 aliphatic heterocycles. The van der Waals surface area contributed by atoms with Gasteiger partial charge in [-0.15, -0.1) is 0 Å². The number of aromatic amines is 1. The Labute approximate surface area is 222 Å². The van der Waals surface area contributed by atoms with Crippen molar-refractivity contribution in [1.29, 1.82) is 0 Å². The van der Waals surface area contributed by atoms with Crippen molar-refractivity contribution in [1.82, 2.24) is 35.5 Å². The van der Waals surface area contributed by atoms with Gasteiger partial charge in [-0.25, -0.2) is 9.97 Å². The third-order valence-electron chi connectivity index (χ3n) is 7.69. The van der Waals surface area contributed by atoms with E-state index in [4.69, 9.17) is 4.98 Å². The monoisotopic (exact) mass is 512 g/mol. The van der Waals surface area contributed by atoms with Gasteiger partial charge in [-0.3, -0.25) is 9.78 Å². The average molecular weight is 513 g/mol. The third kappa shape index (κ3) is 5.63. The number of pyridine rings is 2. The second kappa shape index (κ2) is 11.4. The van der Waals surface area contributed by atoms with Crippen molar-refractivity contribution in [3.8, 4) is 11.3 Å². The number of rotatable bonds is 8. The van der Waals surface area contributed by atoms with Crippen LogP contribution in [0.5, 0.6) is 0 Å². The number of hydrogen-bond acceptors (Lipinski definition) is 7. The van der Waals surface area contributed by atoms with Crippen molar-refractivity contribution in [2.45, 2.75) is 44.6 Å². The first-order valence-corrected chi connectivity index (χ1v) is 14.0. The van der Waals surface area contributed by atoms with E-state index in [9.17, 15) is 4.79 Å². The molecule has 2 aliphatic rings. The number of fused-ring (bicyclic) bond motifs is 2. The number of carbonyl (C=O) groups excluding carboxylic acids is 1. The standard InChI is InChI=1S/C29H36N8O/c38-29(33-21-7-11-30-12-8-21)28-35-24-6-5-20(17-27(24)36-28)25-18-26(22-19-31-13-9-23(22)34-25)32-10-4-16-37-14-2-1-3-15-37/h5-6,9,13,17-19,21,30H,1-4,7-8,10-12,14-16H2,(H,32,34)(H,33,38)(H,35,36). The van der Waals surface area contributed by atoms with Crippen molar-refractivity contribution in [3.63, 3.8) is 0 Å². The van der Waals surface area contributed by atoms with E-state index in [1.807, 2.05) is 30.5 Å². The highest BCUT2D eigenvalue weighted by molar-refractivity contribution is 5.96. The van der Waals surface area contributed by atoms with E-state index in [1.165, 1.54) is 32.4 Å². The Balaban J connectivity index is 1.20. The van der Waals surface area contributed by atoms with Gasteiger partial charge in [0.15, 0.2) is 5.82 Å². The minimum absolute atomic E-state index is 0.151. The van der Waals surface area contributed by atoms with Crippen LogP contribution in [0, 0.1) is 0 Å². The molecule has 9 nitrogen and oxygen atoms in total. The molecule has 3 aromatic heterocycles.